The summed E-state index contributed by atoms with van der Waals surface area (Å²) in [4.78, 5) is 1.20. The number of methoxy groups -OCH3 is 3. The van der Waals surface area contributed by atoms with Gasteiger partial charge in [-0.15, -0.1) is 11.8 Å². The van der Waals surface area contributed by atoms with Crippen LogP contribution in [0.1, 0.15) is 12.0 Å². The first-order chi connectivity index (χ1) is 7.81. The van der Waals surface area contributed by atoms with Crippen molar-refractivity contribution in [2.75, 3.05) is 27.1 Å². The van der Waals surface area contributed by atoms with E-state index in [9.17, 15) is 0 Å². The molecule has 1 aromatic carbocycles. The normalized spacial score (nSPS) is 14.2. The molecule has 4 heteroatoms. The minimum Gasteiger partial charge on any atom is -0.493 e. The van der Waals surface area contributed by atoms with Crippen LogP contribution in [0.4, 0.5) is 0 Å². The third-order valence-corrected chi connectivity index (χ3v) is 3.93. The lowest BCUT2D eigenvalue weighted by Gasteiger charge is -2.21. The summed E-state index contributed by atoms with van der Waals surface area (Å²) in [5.74, 6) is 3.39. The monoisotopic (exact) mass is 240 g/mol. The molecule has 1 aromatic rings. The second kappa shape index (κ2) is 4.87. The number of thioether (sulfide) groups is 1. The molecule has 0 bridgehead atoms. The van der Waals surface area contributed by atoms with Crippen LogP contribution in [0.15, 0.2) is 11.0 Å². The molecular formula is C12H16O3S. The molecule has 1 aliphatic heterocycles. The SMILES string of the molecule is COc1cc2c(c(OC)c1OC)SCCC2. The Bertz CT molecular complexity index is 376. The number of fused-ring (bicyclic) bond motifs is 1. The molecule has 88 valence electrons. The Balaban J connectivity index is 2.59. The van der Waals surface area contributed by atoms with Crippen molar-refractivity contribution < 1.29 is 14.2 Å². The van der Waals surface area contributed by atoms with Crippen molar-refractivity contribution in [1.29, 1.82) is 0 Å². The quantitative estimate of drug-likeness (QED) is 0.812. The molecule has 1 heterocycles. The predicted octanol–water partition coefficient (Wildman–Crippen LogP) is 2.75. The molecule has 0 spiro atoms. The fraction of sp³-hybridized carbons (Fsp3) is 0.500. The van der Waals surface area contributed by atoms with Gasteiger partial charge >= 0.3 is 0 Å². The second-order valence-corrected chi connectivity index (χ2v) is 4.69. The fourth-order valence-electron chi connectivity index (χ4n) is 1.96. The van der Waals surface area contributed by atoms with Crippen molar-refractivity contribution in [3.05, 3.63) is 11.6 Å². The minimum absolute atomic E-state index is 0.693. The molecule has 2 rings (SSSR count). The summed E-state index contributed by atoms with van der Waals surface area (Å²) in [5.41, 5.74) is 1.30. The molecule has 0 radical (unpaired) electrons. The van der Waals surface area contributed by atoms with Crippen LogP contribution in [-0.4, -0.2) is 27.1 Å². The Morgan fingerprint density at radius 3 is 2.44 bits per heavy atom. The van der Waals surface area contributed by atoms with Gasteiger partial charge in [-0.2, -0.15) is 0 Å². The van der Waals surface area contributed by atoms with Gasteiger partial charge in [-0.05, 0) is 30.2 Å². The van der Waals surface area contributed by atoms with Crippen LogP contribution in [0, 0.1) is 0 Å². The second-order valence-electron chi connectivity index (χ2n) is 3.59. The minimum atomic E-state index is 0.693. The number of aryl methyl sites for hydroxylation is 1. The van der Waals surface area contributed by atoms with Gasteiger partial charge in [-0.3, -0.25) is 0 Å². The van der Waals surface area contributed by atoms with Crippen LogP contribution >= 0.6 is 11.8 Å². The van der Waals surface area contributed by atoms with E-state index in [0.717, 1.165) is 23.7 Å². The first-order valence-corrected chi connectivity index (χ1v) is 6.25. The fourth-order valence-corrected chi connectivity index (χ4v) is 3.11. The summed E-state index contributed by atoms with van der Waals surface area (Å²) in [6.45, 7) is 0. The number of benzene rings is 1. The maximum absolute atomic E-state index is 5.45. The predicted molar refractivity (Wildman–Crippen MR) is 65.1 cm³/mol. The molecule has 0 unspecified atom stereocenters. The van der Waals surface area contributed by atoms with Crippen LogP contribution in [0.2, 0.25) is 0 Å². The van der Waals surface area contributed by atoms with E-state index in [1.54, 1.807) is 21.3 Å². The zero-order chi connectivity index (χ0) is 11.5. The smallest absolute Gasteiger partial charge is 0.204 e. The highest BCUT2D eigenvalue weighted by Crippen LogP contribution is 2.48. The van der Waals surface area contributed by atoms with Gasteiger partial charge in [0, 0.05) is 0 Å². The van der Waals surface area contributed by atoms with Crippen LogP contribution in [0.25, 0.3) is 0 Å². The van der Waals surface area contributed by atoms with E-state index in [2.05, 4.69) is 6.07 Å². The largest absolute Gasteiger partial charge is 0.493 e. The Hall–Kier alpha value is -1.03. The van der Waals surface area contributed by atoms with Gasteiger partial charge in [-0.25, -0.2) is 0 Å². The molecule has 0 amide bonds. The van der Waals surface area contributed by atoms with Crippen LogP contribution in [0.5, 0.6) is 17.2 Å². The number of ether oxygens (including phenoxy) is 3. The topological polar surface area (TPSA) is 27.7 Å². The lowest BCUT2D eigenvalue weighted by atomic mass is 10.1. The summed E-state index contributed by atoms with van der Waals surface area (Å²) in [5, 5.41) is 0. The van der Waals surface area contributed by atoms with Gasteiger partial charge in [0.05, 0.1) is 26.2 Å². The van der Waals surface area contributed by atoms with E-state index in [0.29, 0.717) is 5.75 Å². The average molecular weight is 240 g/mol. The average Bonchev–Trinajstić information content (AvgIpc) is 2.36. The van der Waals surface area contributed by atoms with Gasteiger partial charge in [0.2, 0.25) is 5.75 Å². The van der Waals surface area contributed by atoms with E-state index >= 15 is 0 Å². The van der Waals surface area contributed by atoms with Crippen molar-refractivity contribution in [3.63, 3.8) is 0 Å². The van der Waals surface area contributed by atoms with E-state index < -0.39 is 0 Å². The molecule has 1 aliphatic rings. The molecule has 16 heavy (non-hydrogen) atoms. The van der Waals surface area contributed by atoms with Crippen molar-refractivity contribution in [1.82, 2.24) is 0 Å². The van der Waals surface area contributed by atoms with Gasteiger partial charge in [0.1, 0.15) is 0 Å². The lowest BCUT2D eigenvalue weighted by molar-refractivity contribution is 0.318. The first kappa shape index (κ1) is 11.5. The van der Waals surface area contributed by atoms with Gasteiger partial charge in [0.25, 0.3) is 0 Å². The molecular weight excluding hydrogens is 224 g/mol. The number of rotatable bonds is 3. The molecule has 0 aromatic heterocycles. The standard InChI is InChI=1S/C12H16O3S/c1-13-9-7-8-5-4-6-16-12(8)11(15-3)10(9)14-2/h7H,4-6H2,1-3H3. The highest BCUT2D eigenvalue weighted by atomic mass is 32.2. The Morgan fingerprint density at radius 1 is 1.06 bits per heavy atom. The Morgan fingerprint density at radius 2 is 1.81 bits per heavy atom. The van der Waals surface area contributed by atoms with Gasteiger partial charge in [-0.1, -0.05) is 0 Å². The lowest BCUT2D eigenvalue weighted by Crippen LogP contribution is -2.04. The Kier molecular flexibility index (Phi) is 3.49. The zero-order valence-electron chi connectivity index (χ0n) is 9.83. The highest BCUT2D eigenvalue weighted by molar-refractivity contribution is 7.99. The maximum Gasteiger partial charge on any atom is 0.204 e. The van der Waals surface area contributed by atoms with E-state index in [1.807, 2.05) is 11.8 Å². The molecule has 3 nitrogen and oxygen atoms in total. The summed E-state index contributed by atoms with van der Waals surface area (Å²) in [6.07, 6.45) is 2.29. The van der Waals surface area contributed by atoms with Crippen molar-refractivity contribution in [3.8, 4) is 17.2 Å². The summed E-state index contributed by atoms with van der Waals surface area (Å²) < 4.78 is 16.1. The van der Waals surface area contributed by atoms with Gasteiger partial charge < -0.3 is 14.2 Å². The third-order valence-electron chi connectivity index (χ3n) is 2.70. The summed E-state index contributed by atoms with van der Waals surface area (Å²) in [6, 6.07) is 2.06. The molecule has 0 N–H and O–H groups in total. The van der Waals surface area contributed by atoms with E-state index in [-0.39, 0.29) is 0 Å². The van der Waals surface area contributed by atoms with Crippen LogP contribution in [-0.2, 0) is 6.42 Å². The first-order valence-electron chi connectivity index (χ1n) is 5.26. The summed E-state index contributed by atoms with van der Waals surface area (Å²) >= 11 is 1.83. The van der Waals surface area contributed by atoms with E-state index in [4.69, 9.17) is 14.2 Å². The van der Waals surface area contributed by atoms with E-state index in [1.165, 1.54) is 16.9 Å². The zero-order valence-corrected chi connectivity index (χ0v) is 10.6. The number of hydrogen-bond acceptors (Lipinski definition) is 4. The molecule has 0 atom stereocenters. The van der Waals surface area contributed by atoms with Crippen LogP contribution < -0.4 is 14.2 Å². The summed E-state index contributed by atoms with van der Waals surface area (Å²) in [7, 11) is 4.96. The van der Waals surface area contributed by atoms with Crippen molar-refractivity contribution in [2.45, 2.75) is 17.7 Å². The van der Waals surface area contributed by atoms with Gasteiger partial charge in [0.15, 0.2) is 11.5 Å². The molecule has 0 saturated heterocycles. The maximum atomic E-state index is 5.45. The van der Waals surface area contributed by atoms with Crippen LogP contribution in [0.3, 0.4) is 0 Å². The Labute approximate surface area is 100 Å². The highest BCUT2D eigenvalue weighted by Gasteiger charge is 2.22. The molecule has 0 aliphatic carbocycles. The third kappa shape index (κ3) is 1.82. The molecule has 0 saturated carbocycles. The molecule has 0 fully saturated rings. The van der Waals surface area contributed by atoms with Crippen molar-refractivity contribution >= 4 is 11.8 Å². The number of hydrogen-bond donors (Lipinski definition) is 0. The van der Waals surface area contributed by atoms with Crippen molar-refractivity contribution in [2.24, 2.45) is 0 Å².